The minimum atomic E-state index is -0.478. The Morgan fingerprint density at radius 3 is 2.71 bits per heavy atom. The van der Waals surface area contributed by atoms with Crippen LogP contribution in [0.4, 0.5) is 5.69 Å². The van der Waals surface area contributed by atoms with Crippen LogP contribution in [-0.4, -0.2) is 29.1 Å². The number of hydrogen-bond acceptors (Lipinski definition) is 4. The molecule has 0 fully saturated rings. The van der Waals surface area contributed by atoms with Crippen LogP contribution in [0, 0.1) is 16.0 Å². The van der Waals surface area contributed by atoms with E-state index >= 15 is 0 Å². The highest BCUT2D eigenvalue weighted by Crippen LogP contribution is 2.18. The molecule has 6 heteroatoms. The summed E-state index contributed by atoms with van der Waals surface area (Å²) in [5.74, 6) is 0.0121. The average molecular weight is 294 g/mol. The van der Waals surface area contributed by atoms with Gasteiger partial charge in [0.2, 0.25) is 5.91 Å². The molecular weight excluding hydrogens is 272 g/mol. The topological polar surface area (TPSA) is 92.5 Å². The maximum atomic E-state index is 11.9. The summed E-state index contributed by atoms with van der Waals surface area (Å²) in [6, 6.07) is 6.25. The van der Waals surface area contributed by atoms with Crippen molar-refractivity contribution < 1.29 is 14.8 Å². The van der Waals surface area contributed by atoms with Crippen LogP contribution in [0.25, 0.3) is 0 Å². The average Bonchev–Trinajstić information content (AvgIpc) is 2.45. The molecule has 0 aromatic heterocycles. The molecule has 0 aliphatic carbocycles. The molecule has 1 aromatic rings. The molecule has 0 aliphatic rings. The number of rotatable bonds is 9. The fourth-order valence-electron chi connectivity index (χ4n) is 2.27. The first kappa shape index (κ1) is 17.1. The van der Waals surface area contributed by atoms with E-state index in [9.17, 15) is 14.9 Å². The van der Waals surface area contributed by atoms with Crippen molar-refractivity contribution in [1.82, 2.24) is 5.32 Å². The third-order valence-corrected chi connectivity index (χ3v) is 3.36. The van der Waals surface area contributed by atoms with E-state index in [0.717, 1.165) is 12.8 Å². The minimum Gasteiger partial charge on any atom is -0.396 e. The van der Waals surface area contributed by atoms with Crippen LogP contribution in [0.1, 0.15) is 31.7 Å². The van der Waals surface area contributed by atoms with Gasteiger partial charge in [-0.25, -0.2) is 0 Å². The summed E-state index contributed by atoms with van der Waals surface area (Å²) in [7, 11) is 0. The summed E-state index contributed by atoms with van der Waals surface area (Å²) in [6.07, 6.45) is 2.58. The van der Waals surface area contributed by atoms with Gasteiger partial charge >= 0.3 is 0 Å². The highest BCUT2D eigenvalue weighted by Gasteiger charge is 2.16. The Bertz CT molecular complexity index is 470. The molecule has 6 nitrogen and oxygen atoms in total. The van der Waals surface area contributed by atoms with Crippen LogP contribution in [0.3, 0.4) is 0 Å². The molecule has 1 aromatic carbocycles. The van der Waals surface area contributed by atoms with Crippen LogP contribution in [0.2, 0.25) is 0 Å². The van der Waals surface area contributed by atoms with Gasteiger partial charge in [0.1, 0.15) is 0 Å². The van der Waals surface area contributed by atoms with Crippen molar-refractivity contribution in [3.8, 4) is 0 Å². The molecule has 0 radical (unpaired) electrons. The largest absolute Gasteiger partial charge is 0.396 e. The van der Waals surface area contributed by atoms with Gasteiger partial charge in [-0.05, 0) is 18.8 Å². The van der Waals surface area contributed by atoms with E-state index in [1.54, 1.807) is 18.2 Å². The van der Waals surface area contributed by atoms with E-state index in [0.29, 0.717) is 18.5 Å². The molecule has 21 heavy (non-hydrogen) atoms. The number of carbonyl (C=O) groups excluding carboxylic acids is 1. The first-order valence-electron chi connectivity index (χ1n) is 7.18. The number of nitro groups is 1. The predicted molar refractivity (Wildman–Crippen MR) is 79.9 cm³/mol. The summed E-state index contributed by atoms with van der Waals surface area (Å²) >= 11 is 0. The zero-order valence-electron chi connectivity index (χ0n) is 12.2. The normalized spacial score (nSPS) is 11.9. The lowest BCUT2D eigenvalue weighted by atomic mass is 10.00. The Morgan fingerprint density at radius 1 is 1.38 bits per heavy atom. The second kappa shape index (κ2) is 9.07. The monoisotopic (exact) mass is 294 g/mol. The van der Waals surface area contributed by atoms with Gasteiger partial charge in [-0.2, -0.15) is 0 Å². The van der Waals surface area contributed by atoms with Crippen LogP contribution < -0.4 is 5.32 Å². The zero-order chi connectivity index (χ0) is 15.7. The molecular formula is C15H22N2O4. The third-order valence-electron chi connectivity index (χ3n) is 3.36. The summed E-state index contributed by atoms with van der Waals surface area (Å²) in [5.41, 5.74) is 0.377. The Labute approximate surface area is 124 Å². The SMILES string of the molecule is CCCC(CCO)CNC(=O)Cc1ccccc1[N+](=O)[O-]. The van der Waals surface area contributed by atoms with E-state index < -0.39 is 4.92 Å². The fraction of sp³-hybridized carbons (Fsp3) is 0.533. The number of aliphatic hydroxyl groups excluding tert-OH is 1. The van der Waals surface area contributed by atoms with Gasteiger partial charge in [0.15, 0.2) is 0 Å². The molecule has 0 aliphatic heterocycles. The molecule has 0 bridgehead atoms. The number of benzene rings is 1. The van der Waals surface area contributed by atoms with Gasteiger partial charge in [-0.3, -0.25) is 14.9 Å². The molecule has 0 spiro atoms. The van der Waals surface area contributed by atoms with Crippen LogP contribution in [0.15, 0.2) is 24.3 Å². The van der Waals surface area contributed by atoms with E-state index in [2.05, 4.69) is 12.2 Å². The number of nitrogens with one attached hydrogen (secondary N) is 1. The quantitative estimate of drug-likeness (QED) is 0.538. The molecule has 0 heterocycles. The van der Waals surface area contributed by atoms with E-state index in [1.165, 1.54) is 6.07 Å². The van der Waals surface area contributed by atoms with Crippen LogP contribution in [-0.2, 0) is 11.2 Å². The van der Waals surface area contributed by atoms with Gasteiger partial charge in [0.05, 0.1) is 11.3 Å². The van der Waals surface area contributed by atoms with Crippen molar-refractivity contribution in [1.29, 1.82) is 0 Å². The van der Waals surface area contributed by atoms with E-state index in [-0.39, 0.29) is 30.5 Å². The Balaban J connectivity index is 2.55. The Morgan fingerprint density at radius 2 is 2.10 bits per heavy atom. The fourth-order valence-corrected chi connectivity index (χ4v) is 2.27. The number of amides is 1. The lowest BCUT2D eigenvalue weighted by Crippen LogP contribution is -2.31. The molecule has 1 atom stereocenters. The third kappa shape index (κ3) is 5.91. The first-order valence-corrected chi connectivity index (χ1v) is 7.18. The molecule has 1 rings (SSSR count). The van der Waals surface area contributed by atoms with Gasteiger partial charge < -0.3 is 10.4 Å². The number of nitrogens with zero attached hydrogens (tertiary/aromatic N) is 1. The minimum absolute atomic E-state index is 0.00484. The maximum absolute atomic E-state index is 11.9. The van der Waals surface area contributed by atoms with Crippen molar-refractivity contribution in [2.45, 2.75) is 32.6 Å². The van der Waals surface area contributed by atoms with Crippen molar-refractivity contribution in [3.63, 3.8) is 0 Å². The molecule has 1 amide bonds. The second-order valence-electron chi connectivity index (χ2n) is 5.03. The smallest absolute Gasteiger partial charge is 0.273 e. The summed E-state index contributed by atoms with van der Waals surface area (Å²) < 4.78 is 0. The van der Waals surface area contributed by atoms with Crippen molar-refractivity contribution in [2.24, 2.45) is 5.92 Å². The standard InChI is InChI=1S/C15H22N2O4/c1-2-5-12(8-9-18)11-16-15(19)10-13-6-3-4-7-14(13)17(20)21/h3-4,6-7,12,18H,2,5,8-11H2,1H3,(H,16,19). The summed E-state index contributed by atoms with van der Waals surface area (Å²) in [5, 5.41) is 22.7. The lowest BCUT2D eigenvalue weighted by Gasteiger charge is -2.15. The van der Waals surface area contributed by atoms with Gasteiger partial charge in [-0.1, -0.05) is 31.5 Å². The zero-order valence-corrected chi connectivity index (χ0v) is 12.2. The number of aliphatic hydroxyl groups is 1. The summed E-state index contributed by atoms with van der Waals surface area (Å²) in [6.45, 7) is 2.65. The van der Waals surface area contributed by atoms with Crippen LogP contribution in [0.5, 0.6) is 0 Å². The maximum Gasteiger partial charge on any atom is 0.273 e. The summed E-state index contributed by atoms with van der Waals surface area (Å²) in [4.78, 5) is 22.3. The van der Waals surface area contributed by atoms with Crippen LogP contribution >= 0.6 is 0 Å². The van der Waals surface area contributed by atoms with Crippen molar-refractivity contribution in [3.05, 3.63) is 39.9 Å². The second-order valence-corrected chi connectivity index (χ2v) is 5.03. The molecule has 1 unspecified atom stereocenters. The molecule has 116 valence electrons. The number of carbonyl (C=O) groups is 1. The number of nitro benzene ring substituents is 1. The van der Waals surface area contributed by atoms with Gasteiger partial charge in [0.25, 0.3) is 5.69 Å². The van der Waals surface area contributed by atoms with Crippen molar-refractivity contribution in [2.75, 3.05) is 13.2 Å². The Kier molecular flexibility index (Phi) is 7.39. The molecule has 0 saturated carbocycles. The predicted octanol–water partition coefficient (Wildman–Crippen LogP) is 2.05. The molecule has 2 N–H and O–H groups in total. The highest BCUT2D eigenvalue weighted by atomic mass is 16.6. The molecule has 0 saturated heterocycles. The highest BCUT2D eigenvalue weighted by molar-refractivity contribution is 5.79. The van der Waals surface area contributed by atoms with Gasteiger partial charge in [0, 0.05) is 24.8 Å². The lowest BCUT2D eigenvalue weighted by molar-refractivity contribution is -0.385. The number of para-hydroxylation sites is 1. The number of hydrogen-bond donors (Lipinski definition) is 2. The van der Waals surface area contributed by atoms with Crippen molar-refractivity contribution >= 4 is 11.6 Å². The Hall–Kier alpha value is -1.95. The van der Waals surface area contributed by atoms with Gasteiger partial charge in [-0.15, -0.1) is 0 Å². The van der Waals surface area contributed by atoms with E-state index in [4.69, 9.17) is 5.11 Å². The van der Waals surface area contributed by atoms with E-state index in [1.807, 2.05) is 0 Å². The first-order chi connectivity index (χ1) is 10.1.